The van der Waals surface area contributed by atoms with Crippen molar-refractivity contribution in [3.8, 4) is 0 Å². The van der Waals surface area contributed by atoms with E-state index in [-0.39, 0.29) is 5.91 Å². The maximum atomic E-state index is 12.6. The van der Waals surface area contributed by atoms with E-state index in [2.05, 4.69) is 21.0 Å². The molecule has 1 unspecified atom stereocenters. The third-order valence-electron chi connectivity index (χ3n) is 3.61. The fourth-order valence-electron chi connectivity index (χ4n) is 2.63. The van der Waals surface area contributed by atoms with Crippen molar-refractivity contribution < 1.29 is 4.79 Å². The Kier molecular flexibility index (Phi) is 3.31. The molecule has 1 aromatic heterocycles. The van der Waals surface area contributed by atoms with Gasteiger partial charge in [-0.3, -0.25) is 9.48 Å². The lowest BCUT2D eigenvalue weighted by Crippen LogP contribution is -2.40. The Morgan fingerprint density at radius 1 is 1.42 bits per heavy atom. The first-order valence-electron chi connectivity index (χ1n) is 6.52. The number of fused-ring (bicyclic) bond motifs is 1. The minimum absolute atomic E-state index is 0.0425. The van der Waals surface area contributed by atoms with Crippen molar-refractivity contribution in [2.75, 3.05) is 13.1 Å². The summed E-state index contributed by atoms with van der Waals surface area (Å²) in [5.41, 5.74) is 1.57. The maximum Gasteiger partial charge on any atom is 0.275 e. The van der Waals surface area contributed by atoms with Crippen molar-refractivity contribution in [3.63, 3.8) is 0 Å². The second-order valence-electron chi connectivity index (χ2n) is 4.98. The number of piperidine rings is 1. The first-order chi connectivity index (χ1) is 9.16. The highest BCUT2D eigenvalue weighted by molar-refractivity contribution is 9.09. The number of aryl methyl sites for hydroxylation is 1. The standard InChI is InChI=1S/C14H16BrN3O/c1-17-12-7-3-2-6-11(12)13(16-17)14(19)18-8-4-5-10(15)9-18/h2-3,6-7,10H,4-5,8-9H2,1H3. The molecule has 0 saturated carbocycles. The van der Waals surface area contributed by atoms with Gasteiger partial charge in [-0.1, -0.05) is 34.1 Å². The molecule has 0 spiro atoms. The van der Waals surface area contributed by atoms with Gasteiger partial charge in [0.15, 0.2) is 5.69 Å². The molecule has 4 nitrogen and oxygen atoms in total. The molecule has 100 valence electrons. The van der Waals surface area contributed by atoms with E-state index in [1.54, 1.807) is 4.68 Å². The molecule has 1 amide bonds. The van der Waals surface area contributed by atoms with Crippen LogP contribution in [0.3, 0.4) is 0 Å². The number of likely N-dealkylation sites (tertiary alicyclic amines) is 1. The van der Waals surface area contributed by atoms with Crippen LogP contribution in [-0.2, 0) is 7.05 Å². The van der Waals surface area contributed by atoms with Gasteiger partial charge in [-0.25, -0.2) is 0 Å². The fraction of sp³-hybridized carbons (Fsp3) is 0.429. The molecule has 19 heavy (non-hydrogen) atoms. The Morgan fingerprint density at radius 2 is 2.21 bits per heavy atom. The normalized spacial score (nSPS) is 19.9. The van der Waals surface area contributed by atoms with E-state index in [4.69, 9.17) is 0 Å². The number of carbonyl (C=O) groups excluding carboxylic acids is 1. The van der Waals surface area contributed by atoms with Crippen LogP contribution >= 0.6 is 15.9 Å². The molecule has 5 heteroatoms. The molecule has 1 aromatic carbocycles. The lowest BCUT2D eigenvalue weighted by atomic mass is 10.1. The summed E-state index contributed by atoms with van der Waals surface area (Å²) in [6, 6.07) is 7.87. The largest absolute Gasteiger partial charge is 0.336 e. The molecule has 0 N–H and O–H groups in total. The summed E-state index contributed by atoms with van der Waals surface area (Å²) in [6.07, 6.45) is 2.18. The molecule has 2 heterocycles. The topological polar surface area (TPSA) is 38.1 Å². The minimum Gasteiger partial charge on any atom is -0.336 e. The molecular formula is C14H16BrN3O. The number of aromatic nitrogens is 2. The number of rotatable bonds is 1. The molecule has 3 rings (SSSR count). The number of para-hydroxylation sites is 1. The van der Waals surface area contributed by atoms with Gasteiger partial charge in [0.1, 0.15) is 0 Å². The van der Waals surface area contributed by atoms with Gasteiger partial charge in [0, 0.05) is 30.4 Å². The Morgan fingerprint density at radius 3 is 3.00 bits per heavy atom. The van der Waals surface area contributed by atoms with E-state index < -0.39 is 0 Å². The zero-order valence-electron chi connectivity index (χ0n) is 10.8. The number of benzene rings is 1. The number of amides is 1. The van der Waals surface area contributed by atoms with E-state index in [9.17, 15) is 4.79 Å². The summed E-state index contributed by atoms with van der Waals surface area (Å²) >= 11 is 3.60. The molecule has 2 aromatic rings. The van der Waals surface area contributed by atoms with Gasteiger partial charge < -0.3 is 4.90 Å². The van der Waals surface area contributed by atoms with Crippen molar-refractivity contribution in [1.82, 2.24) is 14.7 Å². The van der Waals surface area contributed by atoms with Crippen LogP contribution < -0.4 is 0 Å². The summed E-state index contributed by atoms with van der Waals surface area (Å²) < 4.78 is 1.78. The predicted octanol–water partition coefficient (Wildman–Crippen LogP) is 2.57. The van der Waals surface area contributed by atoms with Crippen LogP contribution in [0.1, 0.15) is 23.3 Å². The predicted molar refractivity (Wildman–Crippen MR) is 78.6 cm³/mol. The van der Waals surface area contributed by atoms with Crippen LogP contribution in [0.2, 0.25) is 0 Å². The quantitative estimate of drug-likeness (QED) is 0.757. The highest BCUT2D eigenvalue weighted by Gasteiger charge is 2.26. The second kappa shape index (κ2) is 4.96. The van der Waals surface area contributed by atoms with E-state index >= 15 is 0 Å². The third kappa shape index (κ3) is 2.27. The molecular weight excluding hydrogens is 306 g/mol. The minimum atomic E-state index is 0.0425. The highest BCUT2D eigenvalue weighted by Crippen LogP contribution is 2.22. The van der Waals surface area contributed by atoms with Gasteiger partial charge in [-0.05, 0) is 18.9 Å². The number of carbonyl (C=O) groups is 1. The van der Waals surface area contributed by atoms with Crippen LogP contribution in [0.15, 0.2) is 24.3 Å². The zero-order chi connectivity index (χ0) is 13.4. The summed E-state index contributed by atoms with van der Waals surface area (Å²) in [4.78, 5) is 14.9. The Hall–Kier alpha value is -1.36. The number of alkyl halides is 1. The summed E-state index contributed by atoms with van der Waals surface area (Å²) in [7, 11) is 1.88. The van der Waals surface area contributed by atoms with E-state index in [0.717, 1.165) is 36.8 Å². The summed E-state index contributed by atoms with van der Waals surface area (Å²) in [6.45, 7) is 1.59. The van der Waals surface area contributed by atoms with Crippen LogP contribution in [0.5, 0.6) is 0 Å². The molecule has 1 aliphatic rings. The summed E-state index contributed by atoms with van der Waals surface area (Å²) in [5.74, 6) is 0.0425. The van der Waals surface area contributed by atoms with Gasteiger partial charge in [0.05, 0.1) is 5.52 Å². The highest BCUT2D eigenvalue weighted by atomic mass is 79.9. The Bertz CT molecular complexity index is 622. The Labute approximate surface area is 120 Å². The van der Waals surface area contributed by atoms with Crippen molar-refractivity contribution >= 4 is 32.7 Å². The van der Waals surface area contributed by atoms with E-state index in [1.165, 1.54) is 0 Å². The molecule has 1 aliphatic heterocycles. The van der Waals surface area contributed by atoms with Gasteiger partial charge in [0.25, 0.3) is 5.91 Å². The first kappa shape index (κ1) is 12.7. The molecule has 1 saturated heterocycles. The average molecular weight is 322 g/mol. The fourth-order valence-corrected chi connectivity index (χ4v) is 3.30. The number of nitrogens with zero attached hydrogens (tertiary/aromatic N) is 3. The summed E-state index contributed by atoms with van der Waals surface area (Å²) in [5, 5.41) is 5.34. The molecule has 1 fully saturated rings. The van der Waals surface area contributed by atoms with Gasteiger partial charge in [0.2, 0.25) is 0 Å². The zero-order valence-corrected chi connectivity index (χ0v) is 12.4. The number of hydrogen-bond acceptors (Lipinski definition) is 2. The maximum absolute atomic E-state index is 12.6. The van der Waals surface area contributed by atoms with Crippen molar-refractivity contribution in [2.45, 2.75) is 17.7 Å². The number of halogens is 1. The van der Waals surface area contributed by atoms with E-state index in [1.807, 2.05) is 36.2 Å². The second-order valence-corrected chi connectivity index (χ2v) is 6.28. The molecule has 0 aliphatic carbocycles. The van der Waals surface area contributed by atoms with Crippen LogP contribution in [0, 0.1) is 0 Å². The molecule has 0 bridgehead atoms. The lowest BCUT2D eigenvalue weighted by molar-refractivity contribution is 0.0725. The lowest BCUT2D eigenvalue weighted by Gasteiger charge is -2.29. The van der Waals surface area contributed by atoms with Gasteiger partial charge in [-0.2, -0.15) is 5.10 Å². The van der Waals surface area contributed by atoms with Crippen LogP contribution in [-0.4, -0.2) is 38.5 Å². The van der Waals surface area contributed by atoms with E-state index in [0.29, 0.717) is 10.5 Å². The average Bonchev–Trinajstić information content (AvgIpc) is 2.76. The molecule has 0 radical (unpaired) electrons. The Balaban J connectivity index is 1.97. The van der Waals surface area contributed by atoms with Gasteiger partial charge >= 0.3 is 0 Å². The van der Waals surface area contributed by atoms with Crippen LogP contribution in [0.25, 0.3) is 10.9 Å². The molecule has 1 atom stereocenters. The van der Waals surface area contributed by atoms with Crippen molar-refractivity contribution in [3.05, 3.63) is 30.0 Å². The monoisotopic (exact) mass is 321 g/mol. The smallest absolute Gasteiger partial charge is 0.275 e. The van der Waals surface area contributed by atoms with Gasteiger partial charge in [-0.15, -0.1) is 0 Å². The first-order valence-corrected chi connectivity index (χ1v) is 7.43. The SMILES string of the molecule is Cn1nc(C(=O)N2CCCC(Br)C2)c2ccccc21. The third-order valence-corrected chi connectivity index (χ3v) is 4.36. The number of hydrogen-bond donors (Lipinski definition) is 0. The van der Waals surface area contributed by atoms with Crippen molar-refractivity contribution in [2.24, 2.45) is 7.05 Å². The van der Waals surface area contributed by atoms with Crippen LogP contribution in [0.4, 0.5) is 0 Å². The van der Waals surface area contributed by atoms with Crippen molar-refractivity contribution in [1.29, 1.82) is 0 Å².